The van der Waals surface area contributed by atoms with Gasteiger partial charge in [0.2, 0.25) is 5.91 Å². The van der Waals surface area contributed by atoms with Gasteiger partial charge in [-0.3, -0.25) is 9.59 Å². The predicted octanol–water partition coefficient (Wildman–Crippen LogP) is -5.40. The molecule has 0 bridgehead atoms. The Balaban J connectivity index is 1.61. The molecule has 1 amide bonds. The van der Waals surface area contributed by atoms with Gasteiger partial charge in [0.1, 0.15) is 72.9 Å². The third kappa shape index (κ3) is 11.4. The van der Waals surface area contributed by atoms with Gasteiger partial charge in [0, 0.05) is 38.0 Å². The van der Waals surface area contributed by atoms with Crippen LogP contribution in [0.25, 0.3) is 0 Å². The van der Waals surface area contributed by atoms with Crippen molar-refractivity contribution in [3.63, 3.8) is 0 Å². The molecule has 0 radical (unpaired) electrons. The van der Waals surface area contributed by atoms with Gasteiger partial charge in [-0.25, -0.2) is 4.79 Å². The molecule has 23 nitrogen and oxygen atoms in total. The number of ketones is 1. The van der Waals surface area contributed by atoms with Crippen molar-refractivity contribution in [3.8, 4) is 0 Å². The molecule has 4 fully saturated rings. The van der Waals surface area contributed by atoms with E-state index in [0.717, 1.165) is 6.92 Å². The fourth-order valence-corrected chi connectivity index (χ4v) is 8.41. The fourth-order valence-electron chi connectivity index (χ4n) is 8.41. The van der Waals surface area contributed by atoms with Gasteiger partial charge >= 0.3 is 5.97 Å². The lowest BCUT2D eigenvalue weighted by Gasteiger charge is -2.51. The van der Waals surface area contributed by atoms with E-state index in [9.17, 15) is 75.7 Å². The van der Waals surface area contributed by atoms with Gasteiger partial charge < -0.3 is 99.8 Å². The van der Waals surface area contributed by atoms with Crippen molar-refractivity contribution in [1.82, 2.24) is 5.32 Å². The third-order valence-electron chi connectivity index (χ3n) is 11.9. The Morgan fingerprint density at radius 2 is 1.38 bits per heavy atom. The van der Waals surface area contributed by atoms with E-state index in [1.807, 2.05) is 0 Å². The first kappa shape index (κ1) is 51.5. The summed E-state index contributed by atoms with van der Waals surface area (Å²) in [6, 6.07) is -1.49. The summed E-state index contributed by atoms with van der Waals surface area (Å²) in [6.45, 7) is 4.88. The van der Waals surface area contributed by atoms with Gasteiger partial charge in [-0.05, 0) is 12.3 Å². The molecule has 23 heteroatoms. The molecule has 21 atom stereocenters. The normalized spacial score (nSPS) is 43.1. The molecular weight excluding hydrogens is 822 g/mol. The van der Waals surface area contributed by atoms with E-state index in [1.54, 1.807) is 20.8 Å². The van der Waals surface area contributed by atoms with Crippen LogP contribution in [0.2, 0.25) is 0 Å². The molecule has 4 heterocycles. The summed E-state index contributed by atoms with van der Waals surface area (Å²) in [5.74, 6) is -8.32. The summed E-state index contributed by atoms with van der Waals surface area (Å²) < 4.78 is 40.9. The average Bonchev–Trinajstić information content (AvgIpc) is 3.22. The molecule has 4 aliphatic rings. The van der Waals surface area contributed by atoms with Gasteiger partial charge in [-0.2, -0.15) is 0 Å². The maximum atomic E-state index is 13.0. The van der Waals surface area contributed by atoms with Crippen LogP contribution in [0, 0.1) is 17.8 Å². The third-order valence-corrected chi connectivity index (χ3v) is 11.9. The number of carbonyl (C=O) groups is 3. The predicted molar refractivity (Wildman–Crippen MR) is 200 cm³/mol. The molecule has 0 aromatic rings. The summed E-state index contributed by atoms with van der Waals surface area (Å²) in [5, 5.41) is 132. The van der Waals surface area contributed by atoms with Crippen molar-refractivity contribution in [2.75, 3.05) is 26.4 Å². The van der Waals surface area contributed by atoms with Crippen molar-refractivity contribution in [1.29, 1.82) is 0 Å². The highest BCUT2D eigenvalue weighted by Gasteiger charge is 2.60. The first-order valence-corrected chi connectivity index (χ1v) is 20.6. The summed E-state index contributed by atoms with van der Waals surface area (Å²) in [7, 11) is 0. The molecule has 13 N–H and O–H groups in total. The Bertz CT molecular complexity index is 1430. The Hall–Kier alpha value is -2.11. The van der Waals surface area contributed by atoms with Crippen LogP contribution in [-0.2, 0) is 47.5 Å². The standard InChI is InChI=1S/C38H65NO22/c1-6-16(44)8-17-20(46)9-38(37(53)54,60-32(17)26(48)19(45)7-2)61-34-28(50)22(11-41)57-36(30(34)52)59-33-23(12-42)58-35(24(29(33)51)39-15(5)43)55-13-18-25(47)27(49)21(10-40)56-31(18)14(3)4/h14,17-36,40-42,45-52H,6-13H2,1-5H3,(H,39,43)(H,53,54)/t17?,18?,19-,20?,21?,22?,23?,24?,25?,26-,27?,28?,29?,30?,31?,32?,33?,34?,35?,36?,38?/m1/s1. The van der Waals surface area contributed by atoms with Crippen LogP contribution >= 0.6 is 0 Å². The summed E-state index contributed by atoms with van der Waals surface area (Å²) >= 11 is 0. The first-order chi connectivity index (χ1) is 28.7. The van der Waals surface area contributed by atoms with Gasteiger partial charge in [0.05, 0.1) is 56.9 Å². The summed E-state index contributed by atoms with van der Waals surface area (Å²) in [6.07, 6.45) is -29.6. The molecular formula is C38H65NO22. The largest absolute Gasteiger partial charge is 0.477 e. The number of carboxylic acid groups (broad SMARTS) is 1. The number of Topliss-reactive ketones (excluding diaryl/α,β-unsaturated/α-hetero) is 1. The fraction of sp³-hybridized carbons (Fsp3) is 0.921. The summed E-state index contributed by atoms with van der Waals surface area (Å²) in [4.78, 5) is 37.8. The highest BCUT2D eigenvalue weighted by Crippen LogP contribution is 2.42. The van der Waals surface area contributed by atoms with Crippen LogP contribution in [0.1, 0.15) is 60.3 Å². The number of carbonyl (C=O) groups excluding carboxylic acids is 2. The lowest BCUT2D eigenvalue weighted by Crippen LogP contribution is -2.69. The van der Waals surface area contributed by atoms with Gasteiger partial charge in [0.25, 0.3) is 5.79 Å². The number of hydrogen-bond acceptors (Lipinski definition) is 21. The maximum Gasteiger partial charge on any atom is 0.364 e. The van der Waals surface area contributed by atoms with Crippen molar-refractivity contribution >= 4 is 17.7 Å². The molecule has 4 aliphatic heterocycles. The average molecular weight is 888 g/mol. The van der Waals surface area contributed by atoms with E-state index in [2.05, 4.69) is 5.32 Å². The van der Waals surface area contributed by atoms with Crippen molar-refractivity contribution in [2.24, 2.45) is 17.8 Å². The Labute approximate surface area is 352 Å². The first-order valence-electron chi connectivity index (χ1n) is 20.6. The second-order valence-corrected chi connectivity index (χ2v) is 16.5. The highest BCUT2D eigenvalue weighted by atomic mass is 16.8. The number of nitrogens with one attached hydrogen (secondary N) is 1. The number of aliphatic hydroxyl groups excluding tert-OH is 11. The zero-order valence-electron chi connectivity index (χ0n) is 34.7. The van der Waals surface area contributed by atoms with Crippen LogP contribution in [0.5, 0.6) is 0 Å². The second-order valence-electron chi connectivity index (χ2n) is 16.5. The van der Waals surface area contributed by atoms with Crippen LogP contribution in [0.15, 0.2) is 0 Å². The molecule has 0 aromatic heterocycles. The number of rotatable bonds is 19. The van der Waals surface area contributed by atoms with E-state index < -0.39 is 166 Å². The van der Waals surface area contributed by atoms with E-state index >= 15 is 0 Å². The second kappa shape index (κ2) is 22.2. The highest BCUT2D eigenvalue weighted by molar-refractivity contribution is 5.79. The van der Waals surface area contributed by atoms with Gasteiger partial charge in [0.15, 0.2) is 12.6 Å². The smallest absolute Gasteiger partial charge is 0.364 e. The molecule has 0 saturated carbocycles. The van der Waals surface area contributed by atoms with Gasteiger partial charge in [-0.1, -0.05) is 27.7 Å². The monoisotopic (exact) mass is 887 g/mol. The zero-order valence-corrected chi connectivity index (χ0v) is 34.7. The van der Waals surface area contributed by atoms with Crippen molar-refractivity contribution in [3.05, 3.63) is 0 Å². The van der Waals surface area contributed by atoms with Crippen LogP contribution < -0.4 is 5.32 Å². The minimum Gasteiger partial charge on any atom is -0.477 e. The van der Waals surface area contributed by atoms with Crippen molar-refractivity contribution in [2.45, 2.75) is 176 Å². The molecule has 0 aromatic carbocycles. The molecule has 4 saturated heterocycles. The number of ether oxygens (including phenoxy) is 7. The minimum absolute atomic E-state index is 0.0284. The molecule has 0 spiro atoms. The van der Waals surface area contributed by atoms with E-state index in [1.165, 1.54) is 6.92 Å². The number of hydrogen-bond donors (Lipinski definition) is 13. The lowest BCUT2D eigenvalue weighted by molar-refractivity contribution is -0.385. The SMILES string of the molecule is CCC(=O)CC1C(O)CC(OC2C(O)C(CO)OC(OC3C(CO)OC(OCC4C(O)C(O)C(CO)OC4C(C)C)C(NC(C)=O)C3O)C2O)(C(=O)O)OC1[C@H](O)[C@H](O)CC. The number of aliphatic carboxylic acids is 1. The van der Waals surface area contributed by atoms with Crippen LogP contribution in [-0.4, -0.2) is 221 Å². The number of aliphatic hydroxyl groups is 11. The molecule has 4 rings (SSSR count). The Morgan fingerprint density at radius 1 is 0.770 bits per heavy atom. The van der Waals surface area contributed by atoms with Crippen LogP contribution in [0.4, 0.5) is 0 Å². The quantitative estimate of drug-likeness (QED) is 0.0576. The Morgan fingerprint density at radius 3 is 1.92 bits per heavy atom. The van der Waals surface area contributed by atoms with Crippen molar-refractivity contribution < 1.29 is 109 Å². The van der Waals surface area contributed by atoms with E-state index in [-0.39, 0.29) is 37.6 Å². The van der Waals surface area contributed by atoms with E-state index in [4.69, 9.17) is 33.2 Å². The molecule has 354 valence electrons. The molecule has 19 unspecified atom stereocenters. The minimum atomic E-state index is -2.97. The summed E-state index contributed by atoms with van der Waals surface area (Å²) in [5.41, 5.74) is 0. The Kier molecular flexibility index (Phi) is 18.7. The molecule has 0 aliphatic carbocycles. The number of carboxylic acids is 1. The lowest BCUT2D eigenvalue weighted by atomic mass is 9.79. The van der Waals surface area contributed by atoms with E-state index in [0.29, 0.717) is 0 Å². The molecule has 61 heavy (non-hydrogen) atoms. The maximum absolute atomic E-state index is 13.0. The zero-order chi connectivity index (χ0) is 45.7. The number of amides is 1. The van der Waals surface area contributed by atoms with Gasteiger partial charge in [-0.15, -0.1) is 0 Å². The topological polar surface area (TPSA) is 371 Å². The van der Waals surface area contributed by atoms with Crippen LogP contribution in [0.3, 0.4) is 0 Å².